The number of hydrogen-bond acceptors (Lipinski definition) is 6. The van der Waals surface area contributed by atoms with Gasteiger partial charge in [0.2, 0.25) is 5.91 Å². The van der Waals surface area contributed by atoms with Crippen molar-refractivity contribution in [2.45, 2.75) is 6.92 Å². The smallest absolute Gasteiger partial charge is 0.236 e. The fourth-order valence-electron chi connectivity index (χ4n) is 1.47. The Kier molecular flexibility index (Phi) is 4.39. The molecule has 1 aromatic heterocycles. The predicted octanol–water partition coefficient (Wildman–Crippen LogP) is 1.03. The number of amides is 1. The summed E-state index contributed by atoms with van der Waals surface area (Å²) in [5.41, 5.74) is 1.98. The normalized spacial score (nSPS) is 10.6. The van der Waals surface area contributed by atoms with Crippen molar-refractivity contribution >= 4 is 50.3 Å². The minimum atomic E-state index is -1.17. The van der Waals surface area contributed by atoms with Crippen LogP contribution >= 0.6 is 23.1 Å². The summed E-state index contributed by atoms with van der Waals surface area (Å²) in [6.45, 7) is 1.99. The molecule has 0 aliphatic heterocycles. The molecule has 5 nitrogen and oxygen atoms in total. The van der Waals surface area contributed by atoms with E-state index in [4.69, 9.17) is 0 Å². The van der Waals surface area contributed by atoms with Gasteiger partial charge in [-0.3, -0.25) is 4.79 Å². The average molecular weight is 295 g/mol. The number of rotatable bonds is 5. The highest BCUT2D eigenvalue weighted by atomic mass is 32.2. The van der Waals surface area contributed by atoms with Crippen LogP contribution in [0, 0.1) is 6.92 Å². The number of aromatic nitrogens is 1. The minimum absolute atomic E-state index is 0.0724. The molecule has 100 valence electrons. The lowest BCUT2D eigenvalue weighted by molar-refractivity contribution is -0.301. The van der Waals surface area contributed by atoms with Crippen LogP contribution in [0.15, 0.2) is 18.2 Å². The maximum Gasteiger partial charge on any atom is 0.236 e. The Labute approximate surface area is 118 Å². The van der Waals surface area contributed by atoms with Crippen LogP contribution in [0.4, 0.5) is 5.13 Å². The Hall–Kier alpha value is -1.60. The van der Waals surface area contributed by atoms with Gasteiger partial charge in [-0.25, -0.2) is 4.98 Å². The number of carbonyl (C=O) groups excluding carboxylic acids is 2. The average Bonchev–Trinajstić information content (AvgIpc) is 2.69. The molecule has 1 heterocycles. The third kappa shape index (κ3) is 3.93. The van der Waals surface area contributed by atoms with Gasteiger partial charge in [-0.15, -0.1) is 11.8 Å². The van der Waals surface area contributed by atoms with E-state index >= 15 is 0 Å². The van der Waals surface area contributed by atoms with Crippen molar-refractivity contribution in [1.82, 2.24) is 4.98 Å². The number of aryl methyl sites for hydroxylation is 1. The summed E-state index contributed by atoms with van der Waals surface area (Å²) in [7, 11) is 0. The van der Waals surface area contributed by atoms with Crippen LogP contribution in [0.3, 0.4) is 0 Å². The molecule has 0 aliphatic rings. The van der Waals surface area contributed by atoms with Gasteiger partial charge in [-0.2, -0.15) is 0 Å². The van der Waals surface area contributed by atoms with Crippen LogP contribution in [0.2, 0.25) is 0 Å². The molecule has 0 saturated carbocycles. The van der Waals surface area contributed by atoms with Crippen LogP contribution in [-0.4, -0.2) is 28.4 Å². The maximum absolute atomic E-state index is 11.6. The van der Waals surface area contributed by atoms with E-state index in [-0.39, 0.29) is 17.4 Å². The molecule has 1 N–H and O–H groups in total. The van der Waals surface area contributed by atoms with Crippen molar-refractivity contribution in [2.24, 2.45) is 0 Å². The van der Waals surface area contributed by atoms with Gasteiger partial charge >= 0.3 is 0 Å². The van der Waals surface area contributed by atoms with Crippen molar-refractivity contribution in [1.29, 1.82) is 0 Å². The first kappa shape index (κ1) is 13.8. The second-order valence-corrected chi connectivity index (χ2v) is 5.92. The van der Waals surface area contributed by atoms with E-state index in [2.05, 4.69) is 10.3 Å². The fourth-order valence-corrected chi connectivity index (χ4v) is 2.97. The molecule has 1 amide bonds. The zero-order valence-electron chi connectivity index (χ0n) is 10.1. The standard InChI is InChI=1S/C12H12N2O3S2/c1-7-2-3-8-9(4-7)19-12(13-8)14-10(15)5-18-6-11(16)17/h2-4H,5-6H2,1H3,(H,16,17)(H,13,14,15)/p-1. The Morgan fingerprint density at radius 3 is 2.95 bits per heavy atom. The van der Waals surface area contributed by atoms with Crippen molar-refractivity contribution < 1.29 is 14.7 Å². The Bertz CT molecular complexity index is 624. The summed E-state index contributed by atoms with van der Waals surface area (Å²) < 4.78 is 1.01. The van der Waals surface area contributed by atoms with E-state index in [1.54, 1.807) is 0 Å². The maximum atomic E-state index is 11.6. The van der Waals surface area contributed by atoms with Crippen LogP contribution < -0.4 is 10.4 Å². The lowest BCUT2D eigenvalue weighted by atomic mass is 10.2. The number of aliphatic carboxylic acids is 1. The second-order valence-electron chi connectivity index (χ2n) is 3.90. The van der Waals surface area contributed by atoms with E-state index in [0.29, 0.717) is 5.13 Å². The first-order valence-corrected chi connectivity index (χ1v) is 7.46. The number of fused-ring (bicyclic) bond motifs is 1. The number of thioether (sulfide) groups is 1. The number of hydrogen-bond donors (Lipinski definition) is 1. The molecule has 7 heteroatoms. The second kappa shape index (κ2) is 6.03. The molecule has 0 saturated heterocycles. The van der Waals surface area contributed by atoms with Crippen LogP contribution in [-0.2, 0) is 9.59 Å². The molecule has 0 aliphatic carbocycles. The first-order chi connectivity index (χ1) is 9.04. The Balaban J connectivity index is 1.97. The van der Waals surface area contributed by atoms with Gasteiger partial charge in [0.25, 0.3) is 0 Å². The highest BCUT2D eigenvalue weighted by Crippen LogP contribution is 2.26. The fraction of sp³-hybridized carbons (Fsp3) is 0.250. The topological polar surface area (TPSA) is 82.1 Å². The minimum Gasteiger partial charge on any atom is -0.549 e. The van der Waals surface area contributed by atoms with Gasteiger partial charge in [0.05, 0.1) is 21.9 Å². The summed E-state index contributed by atoms with van der Waals surface area (Å²) in [4.78, 5) is 26.1. The van der Waals surface area contributed by atoms with Gasteiger partial charge in [0.1, 0.15) is 0 Å². The molecule has 0 radical (unpaired) electrons. The van der Waals surface area contributed by atoms with E-state index in [1.807, 2.05) is 25.1 Å². The molecule has 0 fully saturated rings. The van der Waals surface area contributed by atoms with E-state index in [1.165, 1.54) is 11.3 Å². The number of nitrogens with one attached hydrogen (secondary N) is 1. The monoisotopic (exact) mass is 295 g/mol. The number of carboxylic acid groups (broad SMARTS) is 1. The highest BCUT2D eigenvalue weighted by Gasteiger charge is 2.08. The van der Waals surface area contributed by atoms with Crippen molar-refractivity contribution in [3.8, 4) is 0 Å². The SMILES string of the molecule is Cc1ccc2nc(NC(=O)CSCC(=O)[O-])sc2c1. The van der Waals surface area contributed by atoms with Crippen LogP contribution in [0.25, 0.3) is 10.2 Å². The summed E-state index contributed by atoms with van der Waals surface area (Å²) in [5, 5.41) is 13.4. The van der Waals surface area contributed by atoms with Gasteiger partial charge < -0.3 is 15.2 Å². The molecule has 0 spiro atoms. The molecular formula is C12H11N2O3S2-. The molecule has 0 bridgehead atoms. The zero-order valence-corrected chi connectivity index (χ0v) is 11.8. The summed E-state index contributed by atoms with van der Waals surface area (Å²) >= 11 is 2.40. The lowest BCUT2D eigenvalue weighted by Gasteiger charge is -2.02. The Morgan fingerprint density at radius 1 is 1.42 bits per heavy atom. The third-order valence-corrected chi connectivity index (χ3v) is 4.08. The largest absolute Gasteiger partial charge is 0.549 e. The molecule has 0 unspecified atom stereocenters. The predicted molar refractivity (Wildman–Crippen MR) is 75.3 cm³/mol. The summed E-state index contributed by atoms with van der Waals surface area (Å²) in [6.07, 6.45) is 0. The van der Waals surface area contributed by atoms with Crippen LogP contribution in [0.5, 0.6) is 0 Å². The van der Waals surface area contributed by atoms with E-state index in [9.17, 15) is 14.7 Å². The molecular weight excluding hydrogens is 284 g/mol. The summed E-state index contributed by atoms with van der Waals surface area (Å²) in [6, 6.07) is 5.87. The number of benzene rings is 1. The van der Waals surface area contributed by atoms with Crippen molar-refractivity contribution in [3.63, 3.8) is 0 Å². The quantitative estimate of drug-likeness (QED) is 0.890. The number of thiazole rings is 1. The molecule has 19 heavy (non-hydrogen) atoms. The van der Waals surface area contributed by atoms with E-state index in [0.717, 1.165) is 27.5 Å². The van der Waals surface area contributed by atoms with Crippen LogP contribution in [0.1, 0.15) is 5.56 Å². The molecule has 2 aromatic rings. The van der Waals surface area contributed by atoms with Crippen molar-refractivity contribution in [3.05, 3.63) is 23.8 Å². The van der Waals surface area contributed by atoms with E-state index < -0.39 is 5.97 Å². The van der Waals surface area contributed by atoms with Gasteiger partial charge in [-0.05, 0) is 24.6 Å². The molecule has 1 aromatic carbocycles. The van der Waals surface area contributed by atoms with Crippen molar-refractivity contribution in [2.75, 3.05) is 16.8 Å². The number of anilines is 1. The first-order valence-electron chi connectivity index (χ1n) is 5.49. The third-order valence-electron chi connectivity index (χ3n) is 2.24. The number of carboxylic acids is 1. The molecule has 2 rings (SSSR count). The zero-order chi connectivity index (χ0) is 13.8. The van der Waals surface area contributed by atoms with Gasteiger partial charge in [0, 0.05) is 5.75 Å². The van der Waals surface area contributed by atoms with Gasteiger partial charge in [0.15, 0.2) is 5.13 Å². The highest BCUT2D eigenvalue weighted by molar-refractivity contribution is 8.00. The van der Waals surface area contributed by atoms with Gasteiger partial charge in [-0.1, -0.05) is 17.4 Å². The Morgan fingerprint density at radius 2 is 2.21 bits per heavy atom. The number of nitrogens with zero attached hydrogens (tertiary/aromatic N) is 1. The lowest BCUT2D eigenvalue weighted by Crippen LogP contribution is -2.25. The summed E-state index contributed by atoms with van der Waals surface area (Å²) in [5.74, 6) is -1.55. The molecule has 0 atom stereocenters. The number of carbonyl (C=O) groups is 2.